The Morgan fingerprint density at radius 3 is 2.25 bits per heavy atom. The third kappa shape index (κ3) is 5.12. The molecular formula is C24H29N3O4S. The molecule has 0 aromatic heterocycles. The van der Waals surface area contributed by atoms with Crippen molar-refractivity contribution in [3.63, 3.8) is 0 Å². The summed E-state index contributed by atoms with van der Waals surface area (Å²) in [6.45, 7) is 2.07. The predicted molar refractivity (Wildman–Crippen MR) is 124 cm³/mol. The van der Waals surface area contributed by atoms with Gasteiger partial charge in [0.05, 0.1) is 4.90 Å². The first-order chi connectivity index (χ1) is 15.4. The van der Waals surface area contributed by atoms with Crippen molar-refractivity contribution in [2.75, 3.05) is 29.3 Å². The fourth-order valence-corrected chi connectivity index (χ4v) is 5.46. The summed E-state index contributed by atoms with van der Waals surface area (Å²) in [6, 6.07) is 13.6. The molecule has 2 aromatic rings. The Labute approximate surface area is 189 Å². The average molecular weight is 456 g/mol. The number of para-hydroxylation sites is 1. The van der Waals surface area contributed by atoms with E-state index in [9.17, 15) is 18.0 Å². The van der Waals surface area contributed by atoms with Gasteiger partial charge < -0.3 is 9.80 Å². The van der Waals surface area contributed by atoms with Crippen molar-refractivity contribution in [2.45, 2.75) is 49.8 Å². The van der Waals surface area contributed by atoms with E-state index in [1.165, 1.54) is 6.07 Å². The highest BCUT2D eigenvalue weighted by Gasteiger charge is 2.27. The number of hydrogen-bond acceptors (Lipinski definition) is 4. The van der Waals surface area contributed by atoms with Gasteiger partial charge in [-0.3, -0.25) is 14.3 Å². The Morgan fingerprint density at radius 2 is 1.53 bits per heavy atom. The molecule has 1 saturated heterocycles. The zero-order valence-corrected chi connectivity index (χ0v) is 18.9. The second-order valence-electron chi connectivity index (χ2n) is 8.35. The van der Waals surface area contributed by atoms with Crippen molar-refractivity contribution in [3.05, 3.63) is 54.1 Å². The molecule has 4 rings (SSSR count). The average Bonchev–Trinajstić information content (AvgIpc) is 3.02. The van der Waals surface area contributed by atoms with Crippen LogP contribution in [0.1, 0.15) is 44.1 Å². The van der Waals surface area contributed by atoms with Crippen LogP contribution in [0.2, 0.25) is 0 Å². The van der Waals surface area contributed by atoms with Crippen molar-refractivity contribution >= 4 is 33.2 Å². The molecule has 0 spiro atoms. The Kier molecular flexibility index (Phi) is 6.79. The van der Waals surface area contributed by atoms with E-state index in [1.54, 1.807) is 41.3 Å². The molecule has 2 amide bonds. The van der Waals surface area contributed by atoms with Crippen LogP contribution in [0.4, 0.5) is 11.4 Å². The van der Waals surface area contributed by atoms with Crippen LogP contribution >= 0.6 is 0 Å². The van der Waals surface area contributed by atoms with Crippen molar-refractivity contribution in [3.8, 4) is 0 Å². The van der Waals surface area contributed by atoms with E-state index in [0.29, 0.717) is 18.7 Å². The molecule has 0 atom stereocenters. The van der Waals surface area contributed by atoms with E-state index < -0.39 is 10.0 Å². The van der Waals surface area contributed by atoms with Gasteiger partial charge >= 0.3 is 0 Å². The van der Waals surface area contributed by atoms with Crippen molar-refractivity contribution in [1.82, 2.24) is 4.90 Å². The molecular weight excluding hydrogens is 426 g/mol. The Balaban J connectivity index is 1.39. The lowest BCUT2D eigenvalue weighted by molar-refractivity contribution is -0.133. The normalized spacial score (nSPS) is 16.4. The second kappa shape index (κ2) is 9.73. The molecule has 0 bridgehead atoms. The third-order valence-corrected chi connectivity index (χ3v) is 7.47. The van der Waals surface area contributed by atoms with Crippen LogP contribution in [-0.2, 0) is 26.0 Å². The molecule has 32 heavy (non-hydrogen) atoms. The number of anilines is 2. The lowest BCUT2D eigenvalue weighted by Gasteiger charge is -2.21. The van der Waals surface area contributed by atoms with E-state index in [1.807, 2.05) is 11.0 Å². The van der Waals surface area contributed by atoms with Crippen LogP contribution in [0.5, 0.6) is 0 Å². The molecule has 0 saturated carbocycles. The zero-order valence-electron chi connectivity index (χ0n) is 18.1. The number of nitrogens with one attached hydrogen (secondary N) is 1. The number of nitrogens with zero attached hydrogens (tertiary/aromatic N) is 2. The highest BCUT2D eigenvalue weighted by atomic mass is 32.2. The van der Waals surface area contributed by atoms with Gasteiger partial charge in [0.15, 0.2) is 0 Å². The first-order valence-electron chi connectivity index (χ1n) is 11.2. The monoisotopic (exact) mass is 455 g/mol. The molecule has 2 aliphatic heterocycles. The lowest BCUT2D eigenvalue weighted by Crippen LogP contribution is -2.34. The fourth-order valence-electron chi connectivity index (χ4n) is 4.35. The molecule has 170 valence electrons. The summed E-state index contributed by atoms with van der Waals surface area (Å²) in [4.78, 5) is 29.0. The second-order valence-corrected chi connectivity index (χ2v) is 10.0. The van der Waals surface area contributed by atoms with Crippen LogP contribution in [0.3, 0.4) is 0 Å². The number of hydrogen-bond donors (Lipinski definition) is 1. The molecule has 0 radical (unpaired) electrons. The topological polar surface area (TPSA) is 86.8 Å². The Bertz CT molecular complexity index is 1080. The largest absolute Gasteiger partial charge is 0.343 e. The highest BCUT2D eigenvalue weighted by Crippen LogP contribution is 2.31. The summed E-state index contributed by atoms with van der Waals surface area (Å²) >= 11 is 0. The molecule has 0 unspecified atom stereocenters. The number of likely N-dealkylation sites (tertiary alicyclic amines) is 1. The van der Waals surface area contributed by atoms with Crippen LogP contribution in [0.25, 0.3) is 0 Å². The van der Waals surface area contributed by atoms with Gasteiger partial charge in [0.25, 0.3) is 10.0 Å². The van der Waals surface area contributed by atoms with Gasteiger partial charge in [0.2, 0.25) is 11.8 Å². The zero-order chi connectivity index (χ0) is 22.6. The summed E-state index contributed by atoms with van der Waals surface area (Å²) in [5.74, 6) is -0.0435. The molecule has 7 nitrogen and oxygen atoms in total. The van der Waals surface area contributed by atoms with Crippen molar-refractivity contribution in [2.24, 2.45) is 0 Å². The highest BCUT2D eigenvalue weighted by molar-refractivity contribution is 7.92. The van der Waals surface area contributed by atoms with Crippen molar-refractivity contribution in [1.29, 1.82) is 0 Å². The first kappa shape index (κ1) is 22.3. The molecule has 1 N–H and O–H groups in total. The number of carbonyl (C=O) groups excluding carboxylic acids is 2. The molecule has 1 fully saturated rings. The van der Waals surface area contributed by atoms with E-state index in [4.69, 9.17) is 0 Å². The summed E-state index contributed by atoms with van der Waals surface area (Å²) < 4.78 is 28.0. The molecule has 8 heteroatoms. The minimum Gasteiger partial charge on any atom is -0.343 e. The van der Waals surface area contributed by atoms with Crippen LogP contribution in [0.15, 0.2) is 53.4 Å². The maximum absolute atomic E-state index is 12.8. The quantitative estimate of drug-likeness (QED) is 0.722. The van der Waals surface area contributed by atoms with Gasteiger partial charge in [-0.15, -0.1) is 0 Å². The SMILES string of the molecule is O=C(CCC(=O)N1CCc2cc(S(=O)(=O)Nc3ccccc3)ccc21)N1CCCCCC1. The number of carbonyl (C=O) groups is 2. The van der Waals surface area contributed by atoms with Gasteiger partial charge in [0.1, 0.15) is 0 Å². The first-order valence-corrected chi connectivity index (χ1v) is 12.7. The fraction of sp³-hybridized carbons (Fsp3) is 0.417. The smallest absolute Gasteiger partial charge is 0.261 e. The standard InChI is InChI=1S/C24H29N3O4S/c28-23(26-15-6-1-2-7-16-26)12-13-24(29)27-17-14-19-18-21(10-11-22(19)27)32(30,31)25-20-8-4-3-5-9-20/h3-5,8-11,18,25H,1-2,6-7,12-17H2. The van der Waals surface area contributed by atoms with Crippen LogP contribution in [0, 0.1) is 0 Å². The van der Waals surface area contributed by atoms with Gasteiger partial charge in [-0.2, -0.15) is 0 Å². The van der Waals surface area contributed by atoms with Crippen molar-refractivity contribution < 1.29 is 18.0 Å². The summed E-state index contributed by atoms with van der Waals surface area (Å²) in [5.41, 5.74) is 2.06. The summed E-state index contributed by atoms with van der Waals surface area (Å²) in [7, 11) is -3.71. The lowest BCUT2D eigenvalue weighted by atomic mass is 10.2. The predicted octanol–water partition coefficient (Wildman–Crippen LogP) is 3.56. The summed E-state index contributed by atoms with van der Waals surface area (Å²) in [5, 5.41) is 0. The number of fused-ring (bicyclic) bond motifs is 1. The Hall–Kier alpha value is -2.87. The number of sulfonamides is 1. The van der Waals surface area contributed by atoms with E-state index in [2.05, 4.69) is 4.72 Å². The number of rotatable bonds is 6. The van der Waals surface area contributed by atoms with Gasteiger partial charge in [-0.1, -0.05) is 31.0 Å². The molecule has 2 aliphatic rings. The van der Waals surface area contributed by atoms with E-state index in [0.717, 1.165) is 50.0 Å². The van der Waals surface area contributed by atoms with Gasteiger partial charge in [0, 0.05) is 43.9 Å². The van der Waals surface area contributed by atoms with Gasteiger partial charge in [-0.05, 0) is 55.2 Å². The van der Waals surface area contributed by atoms with Crippen LogP contribution < -0.4 is 9.62 Å². The maximum Gasteiger partial charge on any atom is 0.261 e. The van der Waals surface area contributed by atoms with E-state index in [-0.39, 0.29) is 29.6 Å². The Morgan fingerprint density at radius 1 is 0.844 bits per heavy atom. The molecule has 0 aliphatic carbocycles. The minimum atomic E-state index is -3.71. The third-order valence-electron chi connectivity index (χ3n) is 6.10. The maximum atomic E-state index is 12.8. The molecule has 2 heterocycles. The number of benzene rings is 2. The van der Waals surface area contributed by atoms with E-state index >= 15 is 0 Å². The molecule has 2 aromatic carbocycles. The van der Waals surface area contributed by atoms with Gasteiger partial charge in [-0.25, -0.2) is 8.42 Å². The summed E-state index contributed by atoms with van der Waals surface area (Å²) in [6.07, 6.45) is 5.36. The van der Waals surface area contributed by atoms with Crippen LogP contribution in [-0.4, -0.2) is 44.8 Å². The minimum absolute atomic E-state index is 0.0492. The number of amides is 2.